The summed E-state index contributed by atoms with van der Waals surface area (Å²) < 4.78 is 0. The third-order valence-corrected chi connectivity index (χ3v) is 2.35. The van der Waals surface area contributed by atoms with Crippen LogP contribution in [0.25, 0.3) is 0 Å². The number of hydrogen-bond donors (Lipinski definition) is 1. The van der Waals surface area contributed by atoms with E-state index >= 15 is 0 Å². The van der Waals surface area contributed by atoms with Crippen LogP contribution >= 0.6 is 0 Å². The lowest BCUT2D eigenvalue weighted by atomic mass is 10.0. The zero-order valence-corrected chi connectivity index (χ0v) is 7.03. The Balaban J connectivity index is 2.32. The van der Waals surface area contributed by atoms with E-state index in [0.29, 0.717) is 0 Å². The summed E-state index contributed by atoms with van der Waals surface area (Å²) in [5.41, 5.74) is 2.36. The van der Waals surface area contributed by atoms with E-state index in [2.05, 4.69) is 6.08 Å². The lowest BCUT2D eigenvalue weighted by molar-refractivity contribution is -0.0578. The van der Waals surface area contributed by atoms with Crippen molar-refractivity contribution >= 4 is 0 Å². The van der Waals surface area contributed by atoms with Crippen LogP contribution in [0.1, 0.15) is 19.3 Å². The van der Waals surface area contributed by atoms with Gasteiger partial charge in [-0.1, -0.05) is 18.2 Å². The lowest BCUT2D eigenvalue weighted by Crippen LogP contribution is -2.24. The molecule has 2 nitrogen and oxygen atoms in total. The van der Waals surface area contributed by atoms with Gasteiger partial charge >= 0.3 is 0 Å². The van der Waals surface area contributed by atoms with Crippen LogP contribution in [0.3, 0.4) is 0 Å². The van der Waals surface area contributed by atoms with E-state index < -0.39 is 0 Å². The Bertz CT molecular complexity index is 263. The topological polar surface area (TPSA) is 23.5 Å². The second kappa shape index (κ2) is 3.15. The Morgan fingerprint density at radius 1 is 1.33 bits per heavy atom. The molecule has 0 atom stereocenters. The highest BCUT2D eigenvalue weighted by molar-refractivity contribution is 5.32. The van der Waals surface area contributed by atoms with Crippen molar-refractivity contribution in [2.75, 3.05) is 6.54 Å². The first-order chi connectivity index (χ1) is 5.88. The van der Waals surface area contributed by atoms with Gasteiger partial charge in [-0.05, 0) is 30.9 Å². The molecule has 0 bridgehead atoms. The Hall–Kier alpha value is -1.02. The van der Waals surface area contributed by atoms with Gasteiger partial charge in [0.15, 0.2) is 0 Å². The molecule has 2 aliphatic rings. The smallest absolute Gasteiger partial charge is 0.0629 e. The fraction of sp³-hybridized carbons (Fsp3) is 0.400. The molecule has 1 heterocycles. The average Bonchev–Trinajstić information content (AvgIpc) is 2.30. The molecule has 0 saturated carbocycles. The van der Waals surface area contributed by atoms with Crippen molar-refractivity contribution in [3.05, 3.63) is 35.6 Å². The van der Waals surface area contributed by atoms with Gasteiger partial charge in [-0.3, -0.25) is 10.3 Å². The fourth-order valence-electron chi connectivity index (χ4n) is 1.72. The van der Waals surface area contributed by atoms with Crippen LogP contribution in [0.4, 0.5) is 0 Å². The van der Waals surface area contributed by atoms with Crippen molar-refractivity contribution < 1.29 is 5.21 Å². The number of hydroxylamine groups is 2. The van der Waals surface area contributed by atoms with E-state index in [1.807, 2.05) is 18.2 Å². The van der Waals surface area contributed by atoms with Gasteiger partial charge in [0.2, 0.25) is 0 Å². The second-order valence-electron chi connectivity index (χ2n) is 3.21. The van der Waals surface area contributed by atoms with E-state index in [-0.39, 0.29) is 0 Å². The molecule has 2 rings (SSSR count). The van der Waals surface area contributed by atoms with E-state index in [9.17, 15) is 5.21 Å². The van der Waals surface area contributed by atoms with E-state index in [1.54, 1.807) is 0 Å². The quantitative estimate of drug-likeness (QED) is 0.592. The summed E-state index contributed by atoms with van der Waals surface area (Å²) in [5.74, 6) is 0. The fourth-order valence-corrected chi connectivity index (χ4v) is 1.72. The zero-order chi connectivity index (χ0) is 8.39. The summed E-state index contributed by atoms with van der Waals surface area (Å²) in [6.45, 7) is 0.767. The monoisotopic (exact) mass is 163 g/mol. The third-order valence-electron chi connectivity index (χ3n) is 2.35. The first kappa shape index (κ1) is 7.62. The number of rotatable bonds is 0. The lowest BCUT2D eigenvalue weighted by Gasteiger charge is -2.25. The normalized spacial score (nSPS) is 22.6. The molecular weight excluding hydrogens is 150 g/mol. The third kappa shape index (κ3) is 1.30. The van der Waals surface area contributed by atoms with Gasteiger partial charge in [0, 0.05) is 6.54 Å². The highest BCUT2D eigenvalue weighted by Crippen LogP contribution is 2.25. The molecule has 0 amide bonds. The van der Waals surface area contributed by atoms with E-state index in [0.717, 1.165) is 31.5 Å². The summed E-state index contributed by atoms with van der Waals surface area (Å²) in [4.78, 5) is 0. The molecule has 12 heavy (non-hydrogen) atoms. The molecule has 0 aromatic heterocycles. The summed E-state index contributed by atoms with van der Waals surface area (Å²) in [6.07, 6.45) is 11.3. The minimum atomic E-state index is 0.767. The molecule has 0 radical (unpaired) electrons. The SMILES string of the molecule is ON1CCCC2=C1C=CC=CC2. The molecule has 1 N–H and O–H groups in total. The number of allylic oxidation sites excluding steroid dienone is 5. The van der Waals surface area contributed by atoms with Gasteiger partial charge in [-0.15, -0.1) is 0 Å². The maximum atomic E-state index is 9.53. The second-order valence-corrected chi connectivity index (χ2v) is 3.21. The maximum Gasteiger partial charge on any atom is 0.0629 e. The predicted octanol–water partition coefficient (Wildman–Crippen LogP) is 2.24. The molecule has 64 valence electrons. The summed E-state index contributed by atoms with van der Waals surface area (Å²) >= 11 is 0. The molecule has 0 spiro atoms. The zero-order valence-electron chi connectivity index (χ0n) is 7.03. The van der Waals surface area contributed by atoms with Crippen LogP contribution in [0.15, 0.2) is 35.6 Å². The van der Waals surface area contributed by atoms with Gasteiger partial charge in [0.1, 0.15) is 0 Å². The van der Waals surface area contributed by atoms with Gasteiger partial charge in [-0.25, -0.2) is 0 Å². The Labute approximate surface area is 72.5 Å². The van der Waals surface area contributed by atoms with Gasteiger partial charge < -0.3 is 0 Å². The first-order valence-electron chi connectivity index (χ1n) is 4.39. The van der Waals surface area contributed by atoms with Crippen molar-refractivity contribution in [3.63, 3.8) is 0 Å². The highest BCUT2D eigenvalue weighted by atomic mass is 16.5. The number of hydrogen-bond acceptors (Lipinski definition) is 2. The van der Waals surface area contributed by atoms with E-state index in [1.165, 1.54) is 10.6 Å². The molecule has 0 fully saturated rings. The molecule has 0 unspecified atom stereocenters. The first-order valence-corrected chi connectivity index (χ1v) is 4.39. The molecule has 0 aromatic carbocycles. The average molecular weight is 163 g/mol. The van der Waals surface area contributed by atoms with Gasteiger partial charge in [0.25, 0.3) is 0 Å². The number of nitrogens with zero attached hydrogens (tertiary/aromatic N) is 1. The minimum Gasteiger partial charge on any atom is -0.288 e. The van der Waals surface area contributed by atoms with Crippen LogP contribution in [-0.4, -0.2) is 16.8 Å². The molecule has 0 aromatic rings. The molecule has 1 aliphatic carbocycles. The van der Waals surface area contributed by atoms with Crippen LogP contribution in [-0.2, 0) is 0 Å². The van der Waals surface area contributed by atoms with Crippen LogP contribution in [0.5, 0.6) is 0 Å². The van der Waals surface area contributed by atoms with Gasteiger partial charge in [-0.2, -0.15) is 0 Å². The van der Waals surface area contributed by atoms with E-state index in [4.69, 9.17) is 0 Å². The molecule has 0 saturated heterocycles. The molecule has 1 aliphatic heterocycles. The van der Waals surface area contributed by atoms with Gasteiger partial charge in [0.05, 0.1) is 5.70 Å². The molecular formula is C10H13NO. The minimum absolute atomic E-state index is 0.767. The Morgan fingerprint density at radius 3 is 3.17 bits per heavy atom. The van der Waals surface area contributed by atoms with Crippen molar-refractivity contribution in [3.8, 4) is 0 Å². The van der Waals surface area contributed by atoms with Crippen molar-refractivity contribution in [2.45, 2.75) is 19.3 Å². The maximum absolute atomic E-state index is 9.53. The predicted molar refractivity (Wildman–Crippen MR) is 47.6 cm³/mol. The Kier molecular flexibility index (Phi) is 2.00. The van der Waals surface area contributed by atoms with Crippen LogP contribution in [0, 0.1) is 0 Å². The summed E-state index contributed by atoms with van der Waals surface area (Å²) in [6, 6.07) is 0. The highest BCUT2D eigenvalue weighted by Gasteiger charge is 2.15. The summed E-state index contributed by atoms with van der Waals surface area (Å²) in [7, 11) is 0. The summed E-state index contributed by atoms with van der Waals surface area (Å²) in [5, 5.41) is 10.9. The Morgan fingerprint density at radius 2 is 2.25 bits per heavy atom. The largest absolute Gasteiger partial charge is 0.288 e. The van der Waals surface area contributed by atoms with Crippen molar-refractivity contribution in [2.24, 2.45) is 0 Å². The molecule has 2 heteroatoms. The van der Waals surface area contributed by atoms with Crippen LogP contribution < -0.4 is 0 Å². The van der Waals surface area contributed by atoms with Crippen LogP contribution in [0.2, 0.25) is 0 Å². The standard InChI is InChI=1S/C10H13NO/c12-11-8-4-6-9-5-2-1-3-7-10(9)11/h1-3,7,12H,4-6,8H2. The van der Waals surface area contributed by atoms with Crippen molar-refractivity contribution in [1.82, 2.24) is 5.06 Å². The van der Waals surface area contributed by atoms with Crippen molar-refractivity contribution in [1.29, 1.82) is 0 Å².